The molecule has 1 aliphatic heterocycles. The van der Waals surface area contributed by atoms with Gasteiger partial charge in [0.25, 0.3) is 0 Å². The number of aromatic nitrogens is 3. The van der Waals surface area contributed by atoms with Gasteiger partial charge in [0.15, 0.2) is 0 Å². The summed E-state index contributed by atoms with van der Waals surface area (Å²) in [5.74, 6) is 0. The Morgan fingerprint density at radius 2 is 1.27 bits per heavy atom. The maximum atomic E-state index is 4.46. The first-order valence-electron chi connectivity index (χ1n) is 14.2. The van der Waals surface area contributed by atoms with Crippen LogP contribution < -0.4 is 0 Å². The average molecular weight is 526 g/mol. The molecule has 0 N–H and O–H groups in total. The fourth-order valence-electron chi connectivity index (χ4n) is 7.23. The number of rotatable bonds is 2. The van der Waals surface area contributed by atoms with Crippen molar-refractivity contribution in [1.82, 2.24) is 14.1 Å². The fourth-order valence-corrected chi connectivity index (χ4v) is 7.23. The molecule has 4 heterocycles. The van der Waals surface area contributed by atoms with Crippen molar-refractivity contribution in [3.05, 3.63) is 139 Å². The zero-order chi connectivity index (χ0) is 27.3. The molecule has 9 rings (SSSR count). The summed E-state index contributed by atoms with van der Waals surface area (Å²) >= 11 is 0. The van der Waals surface area contributed by atoms with Crippen molar-refractivity contribution in [3.63, 3.8) is 0 Å². The maximum absolute atomic E-state index is 4.46. The molecule has 0 saturated carbocycles. The largest absolute Gasteiger partial charge is 0.309 e. The van der Waals surface area contributed by atoms with Crippen LogP contribution in [0.3, 0.4) is 0 Å². The van der Waals surface area contributed by atoms with Gasteiger partial charge >= 0.3 is 0 Å². The normalized spacial score (nSPS) is 13.8. The summed E-state index contributed by atoms with van der Waals surface area (Å²) in [4.78, 5) is 4.46. The van der Waals surface area contributed by atoms with Gasteiger partial charge in [-0.1, -0.05) is 80.6 Å². The molecule has 5 aromatic carbocycles. The minimum absolute atomic E-state index is 0.143. The van der Waals surface area contributed by atoms with Crippen LogP contribution in [0, 0.1) is 0 Å². The first kappa shape index (κ1) is 22.6. The Morgan fingerprint density at radius 1 is 0.537 bits per heavy atom. The Bertz CT molecular complexity index is 2330. The Hall–Kier alpha value is -5.15. The smallest absolute Gasteiger partial charge is 0.0582 e. The number of benzene rings is 5. The summed E-state index contributed by atoms with van der Waals surface area (Å²) in [6.45, 7) is 4.72. The van der Waals surface area contributed by atoms with Crippen molar-refractivity contribution in [3.8, 4) is 22.5 Å². The lowest BCUT2D eigenvalue weighted by Crippen LogP contribution is -2.26. The van der Waals surface area contributed by atoms with Crippen LogP contribution >= 0.6 is 0 Å². The highest BCUT2D eigenvalue weighted by Crippen LogP contribution is 2.48. The zero-order valence-electron chi connectivity index (χ0n) is 23.0. The highest BCUT2D eigenvalue weighted by molar-refractivity contribution is 6.12. The van der Waals surface area contributed by atoms with E-state index in [0.29, 0.717) is 0 Å². The molecule has 3 aromatic heterocycles. The van der Waals surface area contributed by atoms with Crippen molar-refractivity contribution in [2.24, 2.45) is 0 Å². The third-order valence-corrected chi connectivity index (χ3v) is 9.19. The van der Waals surface area contributed by atoms with Gasteiger partial charge in [-0.25, -0.2) is 0 Å². The number of pyridine rings is 1. The lowest BCUT2D eigenvalue weighted by molar-refractivity contribution is 0.630. The number of fused-ring (bicyclic) bond motifs is 8. The van der Waals surface area contributed by atoms with Crippen LogP contribution in [-0.2, 0) is 5.41 Å². The first-order valence-corrected chi connectivity index (χ1v) is 14.2. The van der Waals surface area contributed by atoms with E-state index in [9.17, 15) is 0 Å². The van der Waals surface area contributed by atoms with Gasteiger partial charge < -0.3 is 9.13 Å². The number of hydrogen-bond donors (Lipinski definition) is 0. The third kappa shape index (κ3) is 2.95. The summed E-state index contributed by atoms with van der Waals surface area (Å²) in [6, 6.07) is 42.2. The van der Waals surface area contributed by atoms with E-state index in [-0.39, 0.29) is 5.41 Å². The van der Waals surface area contributed by atoms with E-state index >= 15 is 0 Å². The number of hydrogen-bond acceptors (Lipinski definition) is 1. The molecule has 0 aliphatic carbocycles. The fraction of sp³-hybridized carbons (Fsp3) is 0.0789. The van der Waals surface area contributed by atoms with Gasteiger partial charge in [-0.2, -0.15) is 0 Å². The molecule has 3 heteroatoms. The minimum atomic E-state index is -0.143. The van der Waals surface area contributed by atoms with Crippen LogP contribution in [0.2, 0.25) is 0 Å². The summed E-state index contributed by atoms with van der Waals surface area (Å²) in [7, 11) is 0. The monoisotopic (exact) mass is 525 g/mol. The molecule has 0 radical (unpaired) electrons. The molecular weight excluding hydrogens is 498 g/mol. The Labute approximate surface area is 237 Å². The van der Waals surface area contributed by atoms with E-state index in [1.54, 1.807) is 0 Å². The molecule has 1 aliphatic rings. The molecule has 41 heavy (non-hydrogen) atoms. The van der Waals surface area contributed by atoms with E-state index in [1.165, 1.54) is 77.2 Å². The van der Waals surface area contributed by atoms with Gasteiger partial charge in [0.2, 0.25) is 0 Å². The molecule has 0 saturated heterocycles. The van der Waals surface area contributed by atoms with Crippen LogP contribution in [0.5, 0.6) is 0 Å². The second-order valence-corrected chi connectivity index (χ2v) is 11.7. The van der Waals surface area contributed by atoms with Crippen molar-refractivity contribution < 1.29 is 0 Å². The highest BCUT2D eigenvalue weighted by Gasteiger charge is 2.35. The van der Waals surface area contributed by atoms with E-state index in [0.717, 1.165) is 0 Å². The first-order chi connectivity index (χ1) is 20.1. The molecule has 0 bridgehead atoms. The quantitative estimate of drug-likeness (QED) is 0.220. The molecule has 0 amide bonds. The van der Waals surface area contributed by atoms with Gasteiger partial charge in [-0.05, 0) is 70.8 Å². The lowest BCUT2D eigenvalue weighted by Gasteiger charge is -2.35. The lowest BCUT2D eigenvalue weighted by atomic mass is 9.74. The molecule has 194 valence electrons. The van der Waals surface area contributed by atoms with Gasteiger partial charge in [0.1, 0.15) is 0 Å². The highest BCUT2D eigenvalue weighted by atomic mass is 15.0. The van der Waals surface area contributed by atoms with Gasteiger partial charge in [-0.3, -0.25) is 4.98 Å². The second-order valence-electron chi connectivity index (χ2n) is 11.7. The van der Waals surface area contributed by atoms with Crippen molar-refractivity contribution in [2.75, 3.05) is 0 Å². The van der Waals surface area contributed by atoms with Crippen molar-refractivity contribution in [1.29, 1.82) is 0 Å². The summed E-state index contributed by atoms with van der Waals surface area (Å²) in [5, 5.41) is 5.02. The van der Waals surface area contributed by atoms with E-state index in [4.69, 9.17) is 0 Å². The van der Waals surface area contributed by atoms with E-state index in [2.05, 4.69) is 143 Å². The maximum Gasteiger partial charge on any atom is 0.0582 e. The minimum Gasteiger partial charge on any atom is -0.309 e. The molecule has 0 atom stereocenters. The van der Waals surface area contributed by atoms with Crippen LogP contribution in [0.1, 0.15) is 25.0 Å². The SMILES string of the molecule is CC1(C)c2cc(-c3ccc4c(c3)c3ccccc3n4-c3ccccc3)ccc2-n2c3ccncc3c3cccc1c32. The van der Waals surface area contributed by atoms with Gasteiger partial charge in [0, 0.05) is 45.0 Å². The predicted octanol–water partition coefficient (Wildman–Crippen LogP) is 9.58. The van der Waals surface area contributed by atoms with Crippen molar-refractivity contribution >= 4 is 43.6 Å². The van der Waals surface area contributed by atoms with E-state index < -0.39 is 0 Å². The predicted molar refractivity (Wildman–Crippen MR) is 170 cm³/mol. The summed E-state index contributed by atoms with van der Waals surface area (Å²) < 4.78 is 4.82. The summed E-state index contributed by atoms with van der Waals surface area (Å²) in [5.41, 5.74) is 12.4. The molecule has 0 spiro atoms. The van der Waals surface area contributed by atoms with E-state index in [1.807, 2.05) is 12.4 Å². The zero-order valence-corrected chi connectivity index (χ0v) is 23.0. The molecule has 0 fully saturated rings. The number of nitrogens with zero attached hydrogens (tertiary/aromatic N) is 3. The van der Waals surface area contributed by atoms with Gasteiger partial charge in [0.05, 0.1) is 27.8 Å². The number of para-hydroxylation sites is 3. The Kier molecular flexibility index (Phi) is 4.39. The molecule has 3 nitrogen and oxygen atoms in total. The average Bonchev–Trinajstić information content (AvgIpc) is 3.53. The standard InChI is InChI=1S/C38H27N3/c1-38(2)31-13-8-12-28-30-23-39-20-19-35(30)41(37(28)31)36-18-16-25(22-32(36)38)24-15-17-34-29(21-24)27-11-6-7-14-33(27)40(34)26-9-4-3-5-10-26/h3-23H,1-2H3. The van der Waals surface area contributed by atoms with Crippen LogP contribution in [0.4, 0.5) is 0 Å². The van der Waals surface area contributed by atoms with Crippen molar-refractivity contribution in [2.45, 2.75) is 19.3 Å². The molecular formula is C38H27N3. The third-order valence-electron chi connectivity index (χ3n) is 9.19. The summed E-state index contributed by atoms with van der Waals surface area (Å²) in [6.07, 6.45) is 3.91. The Morgan fingerprint density at radius 3 is 2.17 bits per heavy atom. The molecule has 0 unspecified atom stereocenters. The van der Waals surface area contributed by atoms with Crippen LogP contribution in [-0.4, -0.2) is 14.1 Å². The van der Waals surface area contributed by atoms with Gasteiger partial charge in [-0.15, -0.1) is 0 Å². The molecule has 8 aromatic rings. The second kappa shape index (κ2) is 7.96. The van der Waals surface area contributed by atoms with Crippen LogP contribution in [0.15, 0.2) is 128 Å². The van der Waals surface area contributed by atoms with Crippen LogP contribution in [0.25, 0.3) is 66.1 Å². The Balaban J connectivity index is 1.29. The topological polar surface area (TPSA) is 22.8 Å².